The first-order valence-corrected chi connectivity index (χ1v) is 6.30. The SMILES string of the molecule is COC1(C(=O)CCc2nccn2C)CCOCC1. The van der Waals surface area contributed by atoms with E-state index in [0.717, 1.165) is 5.82 Å². The van der Waals surface area contributed by atoms with E-state index in [1.54, 1.807) is 13.3 Å². The number of imidazole rings is 1. The van der Waals surface area contributed by atoms with Crippen molar-refractivity contribution in [3.05, 3.63) is 18.2 Å². The van der Waals surface area contributed by atoms with Crippen molar-refractivity contribution in [3.63, 3.8) is 0 Å². The van der Waals surface area contributed by atoms with E-state index >= 15 is 0 Å². The largest absolute Gasteiger partial charge is 0.381 e. The van der Waals surface area contributed by atoms with Gasteiger partial charge in [-0.25, -0.2) is 4.98 Å². The standard InChI is InChI=1S/C13H20N2O3/c1-15-8-7-14-12(15)4-3-11(16)13(17-2)5-9-18-10-6-13/h7-8H,3-6,9-10H2,1-2H3. The van der Waals surface area contributed by atoms with Gasteiger partial charge in [-0.2, -0.15) is 0 Å². The van der Waals surface area contributed by atoms with Crippen molar-refractivity contribution in [1.82, 2.24) is 9.55 Å². The van der Waals surface area contributed by atoms with Crippen LogP contribution < -0.4 is 0 Å². The van der Waals surface area contributed by atoms with Gasteiger partial charge in [0.2, 0.25) is 0 Å². The van der Waals surface area contributed by atoms with Gasteiger partial charge in [-0.1, -0.05) is 0 Å². The zero-order chi connectivity index (χ0) is 13.0. The number of ether oxygens (including phenoxy) is 2. The van der Waals surface area contributed by atoms with Gasteiger partial charge in [-0.15, -0.1) is 0 Å². The maximum atomic E-state index is 12.3. The summed E-state index contributed by atoms with van der Waals surface area (Å²) in [5, 5.41) is 0. The highest BCUT2D eigenvalue weighted by atomic mass is 16.5. The normalized spacial score (nSPS) is 18.8. The Bertz CT molecular complexity index is 408. The van der Waals surface area contributed by atoms with Crippen molar-refractivity contribution in [2.75, 3.05) is 20.3 Å². The van der Waals surface area contributed by atoms with Crippen molar-refractivity contribution < 1.29 is 14.3 Å². The second-order valence-electron chi connectivity index (χ2n) is 4.69. The quantitative estimate of drug-likeness (QED) is 0.788. The molecule has 1 aromatic rings. The molecule has 0 radical (unpaired) electrons. The van der Waals surface area contributed by atoms with Crippen molar-refractivity contribution in [2.45, 2.75) is 31.3 Å². The molecule has 2 heterocycles. The van der Waals surface area contributed by atoms with E-state index in [0.29, 0.717) is 38.9 Å². The molecule has 0 N–H and O–H groups in total. The van der Waals surface area contributed by atoms with Gasteiger partial charge in [0.15, 0.2) is 5.78 Å². The Hall–Kier alpha value is -1.20. The van der Waals surface area contributed by atoms with Gasteiger partial charge in [0.25, 0.3) is 0 Å². The molecule has 1 aliphatic heterocycles. The van der Waals surface area contributed by atoms with Gasteiger partial charge in [-0.3, -0.25) is 4.79 Å². The summed E-state index contributed by atoms with van der Waals surface area (Å²) in [6, 6.07) is 0. The molecular weight excluding hydrogens is 232 g/mol. The Kier molecular flexibility index (Phi) is 4.14. The molecule has 1 aliphatic rings. The fraction of sp³-hybridized carbons (Fsp3) is 0.692. The summed E-state index contributed by atoms with van der Waals surface area (Å²) in [4.78, 5) is 16.6. The number of Topliss-reactive ketones (excluding diaryl/α,β-unsaturated/α-hetero) is 1. The minimum Gasteiger partial charge on any atom is -0.381 e. The van der Waals surface area contributed by atoms with Gasteiger partial charge < -0.3 is 14.0 Å². The summed E-state index contributed by atoms with van der Waals surface area (Å²) >= 11 is 0. The summed E-state index contributed by atoms with van der Waals surface area (Å²) in [6.45, 7) is 1.20. The molecule has 0 spiro atoms. The second kappa shape index (κ2) is 5.63. The number of hydrogen-bond acceptors (Lipinski definition) is 4. The van der Waals surface area contributed by atoms with Gasteiger partial charge in [0.1, 0.15) is 11.4 Å². The van der Waals surface area contributed by atoms with Crippen LogP contribution in [0.25, 0.3) is 0 Å². The van der Waals surface area contributed by atoms with Gasteiger partial charge in [-0.05, 0) is 0 Å². The Labute approximate surface area is 107 Å². The van der Waals surface area contributed by atoms with Crippen molar-refractivity contribution in [1.29, 1.82) is 0 Å². The maximum absolute atomic E-state index is 12.3. The van der Waals surface area contributed by atoms with Gasteiger partial charge in [0.05, 0.1) is 0 Å². The fourth-order valence-corrected chi connectivity index (χ4v) is 2.39. The minimum atomic E-state index is -0.636. The van der Waals surface area contributed by atoms with Crippen LogP contribution >= 0.6 is 0 Å². The number of aryl methyl sites for hydroxylation is 2. The first kappa shape index (κ1) is 13.2. The summed E-state index contributed by atoms with van der Waals surface area (Å²) in [5.74, 6) is 1.10. The van der Waals surface area contributed by atoms with Crippen LogP contribution in [0, 0.1) is 0 Å². The van der Waals surface area contributed by atoms with E-state index in [9.17, 15) is 4.79 Å². The Morgan fingerprint density at radius 2 is 2.28 bits per heavy atom. The highest BCUT2D eigenvalue weighted by Gasteiger charge is 2.39. The van der Waals surface area contributed by atoms with Crippen molar-refractivity contribution in [3.8, 4) is 0 Å². The van der Waals surface area contributed by atoms with Crippen LogP contribution in [0.15, 0.2) is 12.4 Å². The Balaban J connectivity index is 1.96. The van der Waals surface area contributed by atoms with E-state index in [2.05, 4.69) is 4.98 Å². The highest BCUT2D eigenvalue weighted by Crippen LogP contribution is 2.27. The lowest BCUT2D eigenvalue weighted by atomic mass is 9.87. The zero-order valence-electron chi connectivity index (χ0n) is 11.0. The van der Waals surface area contributed by atoms with Crippen LogP contribution in [0.2, 0.25) is 0 Å². The molecule has 2 rings (SSSR count). The molecule has 1 aromatic heterocycles. The molecule has 100 valence electrons. The summed E-state index contributed by atoms with van der Waals surface area (Å²) in [5.41, 5.74) is -0.636. The van der Waals surface area contributed by atoms with Crippen LogP contribution in [0.1, 0.15) is 25.1 Å². The predicted octanol–water partition coefficient (Wildman–Crippen LogP) is 1.12. The molecule has 0 saturated carbocycles. The van der Waals surface area contributed by atoms with Crippen LogP contribution in [0.5, 0.6) is 0 Å². The van der Waals surface area contributed by atoms with Crippen LogP contribution in [-0.4, -0.2) is 41.3 Å². The Morgan fingerprint density at radius 1 is 1.56 bits per heavy atom. The lowest BCUT2D eigenvalue weighted by molar-refractivity contribution is -0.152. The summed E-state index contributed by atoms with van der Waals surface area (Å²) < 4.78 is 12.7. The average Bonchev–Trinajstić information content (AvgIpc) is 2.82. The van der Waals surface area contributed by atoms with E-state index in [-0.39, 0.29) is 5.78 Å². The topological polar surface area (TPSA) is 53.3 Å². The number of nitrogens with zero attached hydrogens (tertiary/aromatic N) is 2. The Morgan fingerprint density at radius 3 is 2.83 bits per heavy atom. The molecule has 5 heteroatoms. The number of carbonyl (C=O) groups excluding carboxylic acids is 1. The number of ketones is 1. The van der Waals surface area contributed by atoms with Crippen molar-refractivity contribution in [2.24, 2.45) is 7.05 Å². The highest BCUT2D eigenvalue weighted by molar-refractivity contribution is 5.87. The maximum Gasteiger partial charge on any atom is 0.165 e. The van der Waals surface area contributed by atoms with Crippen LogP contribution in [0.3, 0.4) is 0 Å². The third-order valence-electron chi connectivity index (χ3n) is 3.70. The number of aromatic nitrogens is 2. The summed E-state index contributed by atoms with van der Waals surface area (Å²) in [6.07, 6.45) is 6.08. The van der Waals surface area contributed by atoms with Gasteiger partial charge in [0, 0.05) is 65.4 Å². The molecule has 0 aliphatic carbocycles. The molecule has 1 saturated heterocycles. The number of carbonyl (C=O) groups is 1. The third kappa shape index (κ3) is 2.62. The van der Waals surface area contributed by atoms with E-state index in [1.165, 1.54) is 0 Å². The third-order valence-corrected chi connectivity index (χ3v) is 3.70. The monoisotopic (exact) mass is 252 g/mol. The predicted molar refractivity (Wildman–Crippen MR) is 66.3 cm³/mol. The smallest absolute Gasteiger partial charge is 0.165 e. The molecule has 0 atom stereocenters. The molecule has 1 fully saturated rings. The van der Waals surface area contributed by atoms with E-state index < -0.39 is 5.60 Å². The van der Waals surface area contributed by atoms with Crippen LogP contribution in [-0.2, 0) is 27.7 Å². The molecule has 0 bridgehead atoms. The lowest BCUT2D eigenvalue weighted by Gasteiger charge is -2.34. The van der Waals surface area contributed by atoms with E-state index in [4.69, 9.17) is 9.47 Å². The average molecular weight is 252 g/mol. The molecule has 0 unspecified atom stereocenters. The molecule has 0 aromatic carbocycles. The van der Waals surface area contributed by atoms with E-state index in [1.807, 2.05) is 17.8 Å². The molecular formula is C13H20N2O3. The molecule has 18 heavy (non-hydrogen) atoms. The lowest BCUT2D eigenvalue weighted by Crippen LogP contribution is -2.45. The summed E-state index contributed by atoms with van der Waals surface area (Å²) in [7, 11) is 3.55. The molecule has 5 nitrogen and oxygen atoms in total. The van der Waals surface area contributed by atoms with Gasteiger partial charge >= 0.3 is 0 Å². The fourth-order valence-electron chi connectivity index (χ4n) is 2.39. The zero-order valence-corrected chi connectivity index (χ0v) is 11.0. The first-order chi connectivity index (χ1) is 8.68. The number of hydrogen-bond donors (Lipinski definition) is 0. The minimum absolute atomic E-state index is 0.163. The number of methoxy groups -OCH3 is 1. The molecule has 0 amide bonds. The second-order valence-corrected chi connectivity index (χ2v) is 4.69. The van der Waals surface area contributed by atoms with Crippen LogP contribution in [0.4, 0.5) is 0 Å². The first-order valence-electron chi connectivity index (χ1n) is 6.30. The van der Waals surface area contributed by atoms with Crippen molar-refractivity contribution >= 4 is 5.78 Å². The number of rotatable bonds is 5.